The molecule has 3 N–H and O–H groups in total. The molecule has 2 rings (SSSR count). The number of anilines is 3. The van der Waals surface area contributed by atoms with E-state index in [0.717, 1.165) is 11.0 Å². The van der Waals surface area contributed by atoms with Crippen molar-refractivity contribution in [3.05, 3.63) is 47.3 Å². The van der Waals surface area contributed by atoms with E-state index in [1.165, 1.54) is 32.4 Å². The van der Waals surface area contributed by atoms with Gasteiger partial charge < -0.3 is 15.3 Å². The molecule has 1 aromatic carbocycles. The van der Waals surface area contributed by atoms with Crippen LogP contribution in [0, 0.1) is 11.3 Å². The molecule has 31 heavy (non-hydrogen) atoms. The van der Waals surface area contributed by atoms with Crippen molar-refractivity contribution in [3.8, 4) is 6.07 Å². The second-order valence-electron chi connectivity index (χ2n) is 6.43. The van der Waals surface area contributed by atoms with Gasteiger partial charge in [-0.25, -0.2) is 9.78 Å². The van der Waals surface area contributed by atoms with Crippen LogP contribution in [0.5, 0.6) is 0 Å². The number of hydrogen-bond donors (Lipinski definition) is 3. The van der Waals surface area contributed by atoms with Crippen LogP contribution in [0.25, 0.3) is 0 Å². The normalized spacial score (nSPS) is 10.7. The standard InChI is InChI=1S/C19H16F3N5O4/c1-27(2)15-7-14(26-18(30)31)13(6-12(15)19(20,21)22)25-17(29)8-16(28)10-3-4-24-11(5-10)9-23/h3-7,26H,8H2,1-2H3,(H,25,29)(H,30,31). The Morgan fingerprint density at radius 3 is 2.35 bits per heavy atom. The molecule has 0 spiro atoms. The number of halogens is 3. The minimum atomic E-state index is -4.79. The summed E-state index contributed by atoms with van der Waals surface area (Å²) < 4.78 is 40.4. The zero-order valence-corrected chi connectivity index (χ0v) is 16.2. The first-order valence-electron chi connectivity index (χ1n) is 8.54. The Morgan fingerprint density at radius 2 is 1.81 bits per heavy atom. The summed E-state index contributed by atoms with van der Waals surface area (Å²) in [5.74, 6) is -1.68. The van der Waals surface area contributed by atoms with Gasteiger partial charge in [-0.3, -0.25) is 14.9 Å². The summed E-state index contributed by atoms with van der Waals surface area (Å²) in [6.45, 7) is 0. The van der Waals surface area contributed by atoms with Crippen LogP contribution in [0.1, 0.15) is 28.0 Å². The van der Waals surface area contributed by atoms with E-state index in [-0.39, 0.29) is 22.6 Å². The number of benzene rings is 1. The first-order chi connectivity index (χ1) is 14.4. The Bertz CT molecular complexity index is 1080. The Morgan fingerprint density at radius 1 is 1.16 bits per heavy atom. The average Bonchev–Trinajstić information content (AvgIpc) is 2.67. The van der Waals surface area contributed by atoms with E-state index >= 15 is 0 Å². The lowest BCUT2D eigenvalue weighted by atomic mass is 10.1. The van der Waals surface area contributed by atoms with Crippen molar-refractivity contribution < 1.29 is 32.7 Å². The summed E-state index contributed by atoms with van der Waals surface area (Å²) in [6, 6.07) is 5.70. The first-order valence-corrected chi connectivity index (χ1v) is 8.54. The highest BCUT2D eigenvalue weighted by atomic mass is 19.4. The number of carbonyl (C=O) groups excluding carboxylic acids is 2. The van der Waals surface area contributed by atoms with E-state index in [4.69, 9.17) is 10.4 Å². The van der Waals surface area contributed by atoms with Gasteiger partial charge in [0.15, 0.2) is 5.78 Å². The summed E-state index contributed by atoms with van der Waals surface area (Å²) in [6.07, 6.45) is -5.90. The zero-order valence-electron chi connectivity index (χ0n) is 16.2. The topological polar surface area (TPSA) is 135 Å². The smallest absolute Gasteiger partial charge is 0.418 e. The number of amides is 2. The largest absolute Gasteiger partial charge is 0.465 e. The molecular weight excluding hydrogens is 419 g/mol. The van der Waals surface area contributed by atoms with Crippen LogP contribution in [0.4, 0.5) is 35.0 Å². The molecule has 9 nitrogen and oxygen atoms in total. The van der Waals surface area contributed by atoms with Gasteiger partial charge in [0.1, 0.15) is 11.8 Å². The molecule has 0 atom stereocenters. The molecule has 2 aromatic rings. The lowest BCUT2D eigenvalue weighted by Crippen LogP contribution is -2.21. The summed E-state index contributed by atoms with van der Waals surface area (Å²) >= 11 is 0. The number of hydrogen-bond acceptors (Lipinski definition) is 6. The molecule has 1 aromatic heterocycles. The van der Waals surface area contributed by atoms with Gasteiger partial charge in [0.25, 0.3) is 0 Å². The van der Waals surface area contributed by atoms with Gasteiger partial charge in [0.05, 0.1) is 29.0 Å². The van der Waals surface area contributed by atoms with E-state index in [1.807, 2.05) is 5.32 Å². The van der Waals surface area contributed by atoms with Gasteiger partial charge in [0, 0.05) is 25.9 Å². The number of carbonyl (C=O) groups is 3. The van der Waals surface area contributed by atoms with Crippen LogP contribution in [0.15, 0.2) is 30.5 Å². The molecule has 0 aliphatic carbocycles. The number of ketones is 1. The minimum absolute atomic E-state index is 0.0181. The van der Waals surface area contributed by atoms with Gasteiger partial charge >= 0.3 is 12.3 Å². The maximum absolute atomic E-state index is 13.5. The van der Waals surface area contributed by atoms with Gasteiger partial charge in [-0.15, -0.1) is 0 Å². The van der Waals surface area contributed by atoms with Crippen LogP contribution < -0.4 is 15.5 Å². The fourth-order valence-electron chi connectivity index (χ4n) is 2.61. The van der Waals surface area contributed by atoms with E-state index in [1.54, 1.807) is 6.07 Å². The van der Waals surface area contributed by atoms with Crippen LogP contribution >= 0.6 is 0 Å². The predicted molar refractivity (Wildman–Crippen MR) is 104 cm³/mol. The van der Waals surface area contributed by atoms with E-state index in [2.05, 4.69) is 10.3 Å². The van der Waals surface area contributed by atoms with E-state index in [9.17, 15) is 27.6 Å². The molecule has 0 saturated heterocycles. The third-order valence-corrected chi connectivity index (χ3v) is 3.96. The predicted octanol–water partition coefficient (Wildman–Crippen LogP) is 3.34. The Labute approximate surface area is 174 Å². The van der Waals surface area contributed by atoms with Crippen molar-refractivity contribution in [2.45, 2.75) is 12.6 Å². The second-order valence-corrected chi connectivity index (χ2v) is 6.43. The second kappa shape index (κ2) is 9.12. The van der Waals surface area contributed by atoms with Crippen molar-refractivity contribution in [1.29, 1.82) is 5.26 Å². The number of carboxylic acid groups (broad SMARTS) is 1. The molecule has 0 unspecified atom stereocenters. The Kier molecular flexibility index (Phi) is 6.81. The van der Waals surface area contributed by atoms with Crippen LogP contribution in [-0.4, -0.2) is 42.0 Å². The number of rotatable bonds is 6. The Balaban J connectivity index is 2.37. The number of aromatic nitrogens is 1. The lowest BCUT2D eigenvalue weighted by Gasteiger charge is -2.22. The van der Waals surface area contributed by atoms with Crippen LogP contribution in [0.3, 0.4) is 0 Å². The number of alkyl halides is 3. The van der Waals surface area contributed by atoms with Crippen molar-refractivity contribution in [3.63, 3.8) is 0 Å². The van der Waals surface area contributed by atoms with E-state index in [0.29, 0.717) is 6.07 Å². The van der Waals surface area contributed by atoms with Gasteiger partial charge in [-0.05, 0) is 24.3 Å². The highest BCUT2D eigenvalue weighted by molar-refractivity contribution is 6.12. The molecule has 0 bridgehead atoms. The van der Waals surface area contributed by atoms with E-state index < -0.39 is 41.6 Å². The maximum Gasteiger partial charge on any atom is 0.418 e. The molecule has 1 heterocycles. The number of Topliss-reactive ketones (excluding diaryl/α,β-unsaturated/α-hetero) is 1. The fourth-order valence-corrected chi connectivity index (χ4v) is 2.61. The highest BCUT2D eigenvalue weighted by Gasteiger charge is 2.35. The number of pyridine rings is 1. The monoisotopic (exact) mass is 435 g/mol. The molecule has 0 radical (unpaired) electrons. The molecule has 2 amide bonds. The minimum Gasteiger partial charge on any atom is -0.465 e. The number of nitrogens with one attached hydrogen (secondary N) is 2. The molecule has 0 fully saturated rings. The van der Waals surface area contributed by atoms with Crippen LogP contribution in [0.2, 0.25) is 0 Å². The lowest BCUT2D eigenvalue weighted by molar-refractivity contribution is -0.137. The molecule has 0 saturated carbocycles. The summed E-state index contributed by atoms with van der Waals surface area (Å²) in [7, 11) is 2.69. The van der Waals surface area contributed by atoms with Gasteiger partial charge in [0.2, 0.25) is 5.91 Å². The summed E-state index contributed by atoms with van der Waals surface area (Å²) in [4.78, 5) is 40.4. The molecular formula is C19H16F3N5O4. The number of nitrogens with zero attached hydrogens (tertiary/aromatic N) is 3. The third kappa shape index (κ3) is 5.92. The van der Waals surface area contributed by atoms with Gasteiger partial charge in [-0.1, -0.05) is 0 Å². The third-order valence-electron chi connectivity index (χ3n) is 3.96. The fraction of sp³-hybridized carbons (Fsp3) is 0.211. The van der Waals surface area contributed by atoms with Crippen LogP contribution in [-0.2, 0) is 11.0 Å². The maximum atomic E-state index is 13.5. The first kappa shape index (κ1) is 23.1. The molecule has 0 aliphatic heterocycles. The van der Waals surface area contributed by atoms with Crippen molar-refractivity contribution in [2.75, 3.05) is 29.6 Å². The summed E-state index contributed by atoms with van der Waals surface area (Å²) in [5.41, 5.74) is -2.24. The highest BCUT2D eigenvalue weighted by Crippen LogP contribution is 2.41. The quantitative estimate of drug-likeness (QED) is 0.468. The van der Waals surface area contributed by atoms with Gasteiger partial charge in [-0.2, -0.15) is 18.4 Å². The number of nitriles is 1. The summed E-state index contributed by atoms with van der Waals surface area (Å²) in [5, 5.41) is 21.9. The Hall–Kier alpha value is -4.14. The molecule has 0 aliphatic rings. The van der Waals surface area contributed by atoms with Crippen molar-refractivity contribution >= 4 is 34.8 Å². The van der Waals surface area contributed by atoms with Crippen molar-refractivity contribution in [2.24, 2.45) is 0 Å². The molecule has 12 heteroatoms. The van der Waals surface area contributed by atoms with Crippen molar-refractivity contribution in [1.82, 2.24) is 4.98 Å². The molecule has 162 valence electrons. The average molecular weight is 435 g/mol. The SMILES string of the molecule is CN(C)c1cc(NC(=O)O)c(NC(=O)CC(=O)c2ccnc(C#N)c2)cc1C(F)(F)F. The zero-order chi connectivity index (χ0) is 23.3.